The number of amides is 1. The zero-order valence-electron chi connectivity index (χ0n) is 18.3. The standard InChI is InChI=1S/C24H32N4O2S/c1-3-11-28-22-8-7-19(25-10-9-18-5-4-6-20(16-18)30-2)17-21(22)23(26-28)24(29)27-12-14-31-15-13-27/h3-6,16,19,25H,1,7-15,17H2,2H3. The Morgan fingerprint density at radius 1 is 1.39 bits per heavy atom. The molecule has 1 atom stereocenters. The van der Waals surface area contributed by atoms with Crippen LogP contribution in [-0.4, -0.2) is 64.9 Å². The first kappa shape index (κ1) is 22.0. The van der Waals surface area contributed by atoms with Crippen molar-refractivity contribution in [2.45, 2.75) is 38.3 Å². The molecule has 4 rings (SSSR count). The van der Waals surface area contributed by atoms with Crippen molar-refractivity contribution >= 4 is 17.7 Å². The van der Waals surface area contributed by atoms with Crippen LogP contribution in [0.4, 0.5) is 0 Å². The van der Waals surface area contributed by atoms with E-state index in [1.807, 2.05) is 39.6 Å². The number of benzene rings is 1. The van der Waals surface area contributed by atoms with Crippen LogP contribution in [0, 0.1) is 0 Å². The molecule has 2 aliphatic rings. The van der Waals surface area contributed by atoms with Crippen LogP contribution in [0.2, 0.25) is 0 Å². The third-order valence-corrected chi connectivity index (χ3v) is 7.07. The SMILES string of the molecule is C=CCn1nc(C(=O)N2CCSCC2)c2c1CCC(NCCc1cccc(OC)c1)C2. The van der Waals surface area contributed by atoms with E-state index >= 15 is 0 Å². The summed E-state index contributed by atoms with van der Waals surface area (Å²) in [6.07, 6.45) is 5.66. The highest BCUT2D eigenvalue weighted by molar-refractivity contribution is 7.99. The molecule has 7 heteroatoms. The predicted molar refractivity (Wildman–Crippen MR) is 126 cm³/mol. The highest BCUT2D eigenvalue weighted by Gasteiger charge is 2.31. The molecule has 166 valence electrons. The van der Waals surface area contributed by atoms with Crippen molar-refractivity contribution in [1.29, 1.82) is 0 Å². The molecule has 1 unspecified atom stereocenters. The van der Waals surface area contributed by atoms with E-state index in [0.29, 0.717) is 18.3 Å². The Morgan fingerprint density at radius 2 is 2.23 bits per heavy atom. The highest BCUT2D eigenvalue weighted by Crippen LogP contribution is 2.27. The van der Waals surface area contributed by atoms with E-state index in [1.165, 1.54) is 11.3 Å². The number of hydrogen-bond acceptors (Lipinski definition) is 5. The van der Waals surface area contributed by atoms with Gasteiger partial charge >= 0.3 is 0 Å². The average molecular weight is 441 g/mol. The topological polar surface area (TPSA) is 59.4 Å². The van der Waals surface area contributed by atoms with Gasteiger partial charge in [0.05, 0.1) is 13.7 Å². The van der Waals surface area contributed by atoms with Gasteiger partial charge in [-0.15, -0.1) is 6.58 Å². The first-order valence-electron chi connectivity index (χ1n) is 11.1. The number of nitrogens with one attached hydrogen (secondary N) is 1. The summed E-state index contributed by atoms with van der Waals surface area (Å²) >= 11 is 1.91. The van der Waals surface area contributed by atoms with Crippen LogP contribution < -0.4 is 10.1 Å². The van der Waals surface area contributed by atoms with E-state index in [2.05, 4.69) is 24.0 Å². The quantitative estimate of drug-likeness (QED) is 0.640. The third-order valence-electron chi connectivity index (χ3n) is 6.13. The molecular formula is C24H32N4O2S. The number of carbonyl (C=O) groups excluding carboxylic acids is 1. The van der Waals surface area contributed by atoms with Crippen LogP contribution in [0.1, 0.15) is 33.7 Å². The molecule has 0 radical (unpaired) electrons. The molecule has 0 spiro atoms. The zero-order valence-corrected chi connectivity index (χ0v) is 19.1. The predicted octanol–water partition coefficient (Wildman–Crippen LogP) is 2.96. The molecule has 0 bridgehead atoms. The molecule has 2 aromatic rings. The van der Waals surface area contributed by atoms with Crippen LogP contribution in [-0.2, 0) is 25.8 Å². The normalized spacial score (nSPS) is 18.5. The highest BCUT2D eigenvalue weighted by atomic mass is 32.2. The molecule has 1 aliphatic heterocycles. The van der Waals surface area contributed by atoms with Crippen LogP contribution in [0.5, 0.6) is 5.75 Å². The van der Waals surface area contributed by atoms with Crippen molar-refractivity contribution in [1.82, 2.24) is 20.0 Å². The number of ether oxygens (including phenoxy) is 1. The second kappa shape index (κ2) is 10.4. The summed E-state index contributed by atoms with van der Waals surface area (Å²) in [6.45, 7) is 7.05. The number of rotatable bonds is 8. The van der Waals surface area contributed by atoms with Gasteiger partial charge in [0.1, 0.15) is 5.75 Å². The average Bonchev–Trinajstić information content (AvgIpc) is 3.17. The fourth-order valence-corrected chi connectivity index (χ4v) is 5.38. The molecule has 0 saturated carbocycles. The van der Waals surface area contributed by atoms with Crippen molar-refractivity contribution < 1.29 is 9.53 Å². The van der Waals surface area contributed by atoms with Gasteiger partial charge in [0, 0.05) is 41.9 Å². The van der Waals surface area contributed by atoms with Crippen molar-refractivity contribution in [3.63, 3.8) is 0 Å². The first-order valence-corrected chi connectivity index (χ1v) is 12.3. The molecular weight excluding hydrogens is 408 g/mol. The number of aromatic nitrogens is 2. The van der Waals surface area contributed by atoms with E-state index in [9.17, 15) is 4.79 Å². The Bertz CT molecular complexity index is 920. The molecule has 2 heterocycles. The molecule has 6 nitrogen and oxygen atoms in total. The van der Waals surface area contributed by atoms with E-state index < -0.39 is 0 Å². The largest absolute Gasteiger partial charge is 0.497 e. The van der Waals surface area contributed by atoms with Gasteiger partial charge in [0.15, 0.2) is 5.69 Å². The molecule has 1 N–H and O–H groups in total. The summed E-state index contributed by atoms with van der Waals surface area (Å²) in [5.74, 6) is 3.01. The molecule has 1 amide bonds. The lowest BCUT2D eigenvalue weighted by Crippen LogP contribution is -2.40. The van der Waals surface area contributed by atoms with E-state index in [0.717, 1.165) is 68.1 Å². The lowest BCUT2D eigenvalue weighted by atomic mass is 9.91. The molecule has 31 heavy (non-hydrogen) atoms. The number of nitrogens with zero attached hydrogens (tertiary/aromatic N) is 3. The second-order valence-corrected chi connectivity index (χ2v) is 9.37. The Labute approximate surface area is 189 Å². The number of methoxy groups -OCH3 is 1. The fourth-order valence-electron chi connectivity index (χ4n) is 4.47. The fraction of sp³-hybridized carbons (Fsp3) is 0.500. The molecule has 1 fully saturated rings. The maximum Gasteiger partial charge on any atom is 0.274 e. The van der Waals surface area contributed by atoms with E-state index in [4.69, 9.17) is 9.84 Å². The third kappa shape index (κ3) is 5.15. The zero-order chi connectivity index (χ0) is 21.6. The lowest BCUT2D eigenvalue weighted by molar-refractivity contribution is 0.0764. The number of carbonyl (C=O) groups is 1. The summed E-state index contributed by atoms with van der Waals surface area (Å²) in [6, 6.07) is 8.60. The minimum atomic E-state index is 0.0939. The molecule has 1 saturated heterocycles. The Balaban J connectivity index is 1.44. The van der Waals surface area contributed by atoms with Crippen LogP contribution in [0.25, 0.3) is 0 Å². The van der Waals surface area contributed by atoms with Crippen molar-refractivity contribution in [3.8, 4) is 5.75 Å². The number of thioether (sulfide) groups is 1. The van der Waals surface area contributed by atoms with Gasteiger partial charge in [-0.05, 0) is 49.9 Å². The van der Waals surface area contributed by atoms with Gasteiger partial charge in [-0.1, -0.05) is 18.2 Å². The summed E-state index contributed by atoms with van der Waals surface area (Å²) in [4.78, 5) is 15.2. The van der Waals surface area contributed by atoms with Gasteiger partial charge in [0.25, 0.3) is 5.91 Å². The maximum atomic E-state index is 13.2. The van der Waals surface area contributed by atoms with Gasteiger partial charge in [0.2, 0.25) is 0 Å². The Morgan fingerprint density at radius 3 is 3.00 bits per heavy atom. The van der Waals surface area contributed by atoms with Gasteiger partial charge in [-0.25, -0.2) is 0 Å². The van der Waals surface area contributed by atoms with Crippen LogP contribution in [0.3, 0.4) is 0 Å². The Kier molecular flexibility index (Phi) is 7.35. The van der Waals surface area contributed by atoms with E-state index in [1.54, 1.807) is 7.11 Å². The van der Waals surface area contributed by atoms with Crippen molar-refractivity contribution in [2.24, 2.45) is 0 Å². The van der Waals surface area contributed by atoms with Crippen LogP contribution >= 0.6 is 11.8 Å². The summed E-state index contributed by atoms with van der Waals surface area (Å²) in [5, 5.41) is 8.45. The summed E-state index contributed by atoms with van der Waals surface area (Å²) in [7, 11) is 1.70. The molecule has 1 aliphatic carbocycles. The smallest absolute Gasteiger partial charge is 0.274 e. The van der Waals surface area contributed by atoms with Gasteiger partial charge < -0.3 is 15.0 Å². The summed E-state index contributed by atoms with van der Waals surface area (Å²) < 4.78 is 7.31. The first-order chi connectivity index (χ1) is 15.2. The van der Waals surface area contributed by atoms with Crippen molar-refractivity contribution in [2.75, 3.05) is 38.2 Å². The van der Waals surface area contributed by atoms with Gasteiger partial charge in [-0.2, -0.15) is 16.9 Å². The number of allylic oxidation sites excluding steroid dienone is 1. The Hall–Kier alpha value is -2.25. The monoisotopic (exact) mass is 440 g/mol. The number of hydrogen-bond donors (Lipinski definition) is 1. The van der Waals surface area contributed by atoms with E-state index in [-0.39, 0.29) is 5.91 Å². The van der Waals surface area contributed by atoms with Crippen LogP contribution in [0.15, 0.2) is 36.9 Å². The summed E-state index contributed by atoms with van der Waals surface area (Å²) in [5.41, 5.74) is 4.26. The van der Waals surface area contributed by atoms with Gasteiger partial charge in [-0.3, -0.25) is 9.48 Å². The second-order valence-electron chi connectivity index (χ2n) is 8.14. The number of fused-ring (bicyclic) bond motifs is 1. The molecule has 1 aromatic carbocycles. The minimum absolute atomic E-state index is 0.0939. The lowest BCUT2D eigenvalue weighted by Gasteiger charge is -2.27. The van der Waals surface area contributed by atoms with Crippen molar-refractivity contribution in [3.05, 3.63) is 59.4 Å². The maximum absolute atomic E-state index is 13.2. The minimum Gasteiger partial charge on any atom is -0.497 e. The molecule has 1 aromatic heterocycles.